The zero-order chi connectivity index (χ0) is 18.1. The Labute approximate surface area is 176 Å². The molecule has 0 aliphatic rings. The number of thiophene rings is 1. The number of carbonyl (C=O) groups is 1. The fourth-order valence-electron chi connectivity index (χ4n) is 2.38. The molecule has 1 N–H and O–H groups in total. The Balaban J connectivity index is 0.00000338. The van der Waals surface area contributed by atoms with Crippen LogP contribution in [0.3, 0.4) is 0 Å². The molecule has 1 heterocycles. The van der Waals surface area contributed by atoms with Crippen LogP contribution in [0.15, 0.2) is 46.8 Å². The van der Waals surface area contributed by atoms with Crippen molar-refractivity contribution in [3.63, 3.8) is 0 Å². The van der Waals surface area contributed by atoms with Crippen LogP contribution in [0.4, 0.5) is 0 Å². The van der Waals surface area contributed by atoms with E-state index in [1.54, 1.807) is 37.4 Å². The van der Waals surface area contributed by atoms with Gasteiger partial charge in [0.2, 0.25) is 0 Å². The molecule has 26 heavy (non-hydrogen) atoms. The summed E-state index contributed by atoms with van der Waals surface area (Å²) in [6.07, 6.45) is 1.00. The predicted octanol–water partition coefficient (Wildman–Crippen LogP) is 3.79. The van der Waals surface area contributed by atoms with Gasteiger partial charge in [-0.2, -0.15) is 0 Å². The zero-order valence-corrected chi connectivity index (χ0v) is 18.5. The third-order valence-corrected chi connectivity index (χ3v) is 4.70. The van der Waals surface area contributed by atoms with E-state index in [2.05, 4.69) is 32.7 Å². The van der Waals surface area contributed by atoms with Crippen LogP contribution in [0.5, 0.6) is 0 Å². The number of nitrogens with zero attached hydrogens (tertiary/aromatic N) is 2. The summed E-state index contributed by atoms with van der Waals surface area (Å²) in [5.41, 5.74) is 1.66. The van der Waals surface area contributed by atoms with Crippen molar-refractivity contribution in [3.05, 3.63) is 57.8 Å². The second-order valence-electron chi connectivity index (χ2n) is 5.57. The summed E-state index contributed by atoms with van der Waals surface area (Å²) in [7, 11) is 3.82. The number of benzene rings is 1. The molecule has 0 saturated carbocycles. The van der Waals surface area contributed by atoms with Gasteiger partial charge in [-0.3, -0.25) is 4.99 Å². The van der Waals surface area contributed by atoms with Crippen LogP contribution in [0, 0.1) is 0 Å². The van der Waals surface area contributed by atoms with Gasteiger partial charge in [0, 0.05) is 32.1 Å². The van der Waals surface area contributed by atoms with E-state index in [0.717, 1.165) is 24.5 Å². The first kappa shape index (κ1) is 22.4. The highest BCUT2D eigenvalue weighted by Crippen LogP contribution is 2.10. The van der Waals surface area contributed by atoms with Gasteiger partial charge in [-0.25, -0.2) is 4.79 Å². The number of hydrogen-bond donors (Lipinski definition) is 1. The van der Waals surface area contributed by atoms with Crippen molar-refractivity contribution < 1.29 is 9.53 Å². The first-order valence-electron chi connectivity index (χ1n) is 8.34. The number of rotatable bonds is 7. The maximum atomic E-state index is 11.7. The quantitative estimate of drug-likeness (QED) is 0.280. The molecule has 1 aromatic carbocycles. The van der Waals surface area contributed by atoms with E-state index < -0.39 is 0 Å². The SMILES string of the molecule is CCOC(=O)c1ccc(CNC(=NC)N(C)CCc2cccs2)cc1.I. The number of halogens is 1. The first-order chi connectivity index (χ1) is 12.1. The lowest BCUT2D eigenvalue weighted by Crippen LogP contribution is -2.39. The lowest BCUT2D eigenvalue weighted by molar-refractivity contribution is 0.0526. The van der Waals surface area contributed by atoms with Crippen molar-refractivity contribution in [2.45, 2.75) is 19.9 Å². The highest BCUT2D eigenvalue weighted by Gasteiger charge is 2.08. The second kappa shape index (κ2) is 11.9. The monoisotopic (exact) mass is 487 g/mol. The van der Waals surface area contributed by atoms with Crippen molar-refractivity contribution in [3.8, 4) is 0 Å². The number of ether oxygens (including phenoxy) is 1. The molecule has 0 spiro atoms. The van der Waals surface area contributed by atoms with Gasteiger partial charge >= 0.3 is 5.97 Å². The number of hydrogen-bond acceptors (Lipinski definition) is 4. The molecule has 142 valence electrons. The number of likely N-dealkylation sites (N-methyl/N-ethyl adjacent to an activating group) is 1. The fourth-order valence-corrected chi connectivity index (χ4v) is 3.08. The zero-order valence-electron chi connectivity index (χ0n) is 15.4. The summed E-state index contributed by atoms with van der Waals surface area (Å²) in [5, 5.41) is 5.45. The third kappa shape index (κ3) is 6.95. The Bertz CT molecular complexity index is 687. The Kier molecular flexibility index (Phi) is 10.3. The van der Waals surface area contributed by atoms with Gasteiger partial charge in [0.1, 0.15) is 0 Å². The molecule has 0 aliphatic carbocycles. The number of nitrogens with one attached hydrogen (secondary N) is 1. The minimum absolute atomic E-state index is 0. The Morgan fingerprint density at radius 1 is 1.27 bits per heavy atom. The van der Waals surface area contributed by atoms with E-state index >= 15 is 0 Å². The molecule has 0 atom stereocenters. The van der Waals surface area contributed by atoms with Crippen LogP contribution >= 0.6 is 35.3 Å². The van der Waals surface area contributed by atoms with E-state index in [1.165, 1.54) is 4.88 Å². The molecule has 0 amide bonds. The summed E-state index contributed by atoms with van der Waals surface area (Å²) >= 11 is 1.78. The number of carbonyl (C=O) groups excluding carboxylic acids is 1. The number of aliphatic imine (C=N–C) groups is 1. The van der Waals surface area contributed by atoms with Crippen LogP contribution in [-0.2, 0) is 17.7 Å². The molecule has 0 radical (unpaired) electrons. The van der Waals surface area contributed by atoms with Gasteiger partial charge in [0.25, 0.3) is 0 Å². The summed E-state index contributed by atoms with van der Waals surface area (Å²) in [6.45, 7) is 3.74. The highest BCUT2D eigenvalue weighted by molar-refractivity contribution is 14.0. The molecule has 2 aromatic rings. The normalized spacial score (nSPS) is 10.8. The van der Waals surface area contributed by atoms with E-state index in [1.807, 2.05) is 19.2 Å². The maximum absolute atomic E-state index is 11.7. The topological polar surface area (TPSA) is 53.9 Å². The van der Waals surface area contributed by atoms with Gasteiger partial charge in [-0.05, 0) is 42.5 Å². The van der Waals surface area contributed by atoms with Gasteiger partial charge in [0.15, 0.2) is 5.96 Å². The van der Waals surface area contributed by atoms with Crippen molar-refractivity contribution in [2.24, 2.45) is 4.99 Å². The first-order valence-corrected chi connectivity index (χ1v) is 9.22. The van der Waals surface area contributed by atoms with Crippen LogP contribution < -0.4 is 5.32 Å². The Morgan fingerprint density at radius 2 is 2.00 bits per heavy atom. The van der Waals surface area contributed by atoms with Gasteiger partial charge < -0.3 is 15.0 Å². The molecule has 0 unspecified atom stereocenters. The van der Waals surface area contributed by atoms with Crippen molar-refractivity contribution in [1.29, 1.82) is 0 Å². The Morgan fingerprint density at radius 3 is 2.58 bits per heavy atom. The van der Waals surface area contributed by atoms with E-state index in [4.69, 9.17) is 4.74 Å². The summed E-state index contributed by atoms with van der Waals surface area (Å²) in [5.74, 6) is 0.567. The van der Waals surface area contributed by atoms with Gasteiger partial charge in [-0.15, -0.1) is 35.3 Å². The summed E-state index contributed by atoms with van der Waals surface area (Å²) < 4.78 is 4.99. The van der Waals surface area contributed by atoms with E-state index in [9.17, 15) is 4.79 Å². The largest absolute Gasteiger partial charge is 0.462 e. The molecule has 7 heteroatoms. The van der Waals surface area contributed by atoms with Gasteiger partial charge in [-0.1, -0.05) is 18.2 Å². The summed E-state index contributed by atoms with van der Waals surface area (Å²) in [4.78, 5) is 19.5. The minimum Gasteiger partial charge on any atom is -0.462 e. The van der Waals surface area contributed by atoms with Crippen molar-refractivity contribution in [2.75, 3.05) is 27.2 Å². The molecule has 1 aromatic heterocycles. The molecule has 2 rings (SSSR count). The van der Waals surface area contributed by atoms with Crippen molar-refractivity contribution in [1.82, 2.24) is 10.2 Å². The second-order valence-corrected chi connectivity index (χ2v) is 6.60. The highest BCUT2D eigenvalue weighted by atomic mass is 127. The molecule has 0 fully saturated rings. The van der Waals surface area contributed by atoms with Crippen molar-refractivity contribution >= 4 is 47.2 Å². The average molecular weight is 487 g/mol. The molecule has 0 saturated heterocycles. The van der Waals surface area contributed by atoms with Crippen LogP contribution in [-0.4, -0.2) is 44.1 Å². The maximum Gasteiger partial charge on any atom is 0.338 e. The van der Waals surface area contributed by atoms with Gasteiger partial charge in [0.05, 0.1) is 12.2 Å². The molecular formula is C19H26IN3O2S. The van der Waals surface area contributed by atoms with Crippen LogP contribution in [0.1, 0.15) is 27.7 Å². The third-order valence-electron chi connectivity index (χ3n) is 3.76. The number of guanidine groups is 1. The standard InChI is InChI=1S/C19H25N3O2S.HI/c1-4-24-18(23)16-9-7-15(8-10-16)14-21-19(20-2)22(3)12-11-17-6-5-13-25-17;/h5-10,13H,4,11-12,14H2,1-3H3,(H,20,21);1H. The summed E-state index contributed by atoms with van der Waals surface area (Å²) in [6, 6.07) is 11.7. The smallest absolute Gasteiger partial charge is 0.338 e. The fraction of sp³-hybridized carbons (Fsp3) is 0.368. The molecule has 0 bridgehead atoms. The lowest BCUT2D eigenvalue weighted by Gasteiger charge is -2.22. The van der Waals surface area contributed by atoms with Crippen LogP contribution in [0.25, 0.3) is 0 Å². The minimum atomic E-state index is -0.286. The number of esters is 1. The molecule has 5 nitrogen and oxygen atoms in total. The molecule has 0 aliphatic heterocycles. The average Bonchev–Trinajstić information content (AvgIpc) is 3.14. The molecular weight excluding hydrogens is 461 g/mol. The van der Waals surface area contributed by atoms with Crippen LogP contribution in [0.2, 0.25) is 0 Å². The van der Waals surface area contributed by atoms with E-state index in [0.29, 0.717) is 18.7 Å². The predicted molar refractivity (Wildman–Crippen MR) is 119 cm³/mol. The lowest BCUT2D eigenvalue weighted by atomic mass is 10.1. The Hall–Kier alpha value is -1.61. The van der Waals surface area contributed by atoms with E-state index in [-0.39, 0.29) is 29.9 Å².